The summed E-state index contributed by atoms with van der Waals surface area (Å²) in [6.07, 6.45) is 0.452. The zero-order chi connectivity index (χ0) is 34.4. The number of carboxylic acids is 4. The van der Waals surface area contributed by atoms with Gasteiger partial charge in [0.25, 0.3) is 5.91 Å². The molecule has 1 aliphatic rings. The summed E-state index contributed by atoms with van der Waals surface area (Å²) in [5, 5.41) is 40.4. The van der Waals surface area contributed by atoms with Gasteiger partial charge in [0.2, 0.25) is 11.8 Å². The lowest BCUT2D eigenvalue weighted by Crippen LogP contribution is -2.49. The van der Waals surface area contributed by atoms with E-state index in [1.165, 1.54) is 5.01 Å². The van der Waals surface area contributed by atoms with Crippen LogP contribution in [0.15, 0.2) is 24.3 Å². The van der Waals surface area contributed by atoms with E-state index in [4.69, 9.17) is 26.2 Å². The minimum atomic E-state index is -1.24. The minimum Gasteiger partial charge on any atom is -0.480 e. The highest BCUT2D eigenvalue weighted by atomic mass is 16.4. The molecule has 1 fully saturated rings. The maximum atomic E-state index is 12.8. The van der Waals surface area contributed by atoms with Crippen molar-refractivity contribution in [2.45, 2.75) is 38.4 Å². The summed E-state index contributed by atoms with van der Waals surface area (Å²) in [5.41, 5.74) is 9.70. The number of hydrogen-bond donors (Lipinski definition) is 7. The Labute approximate surface area is 264 Å². The molecular weight excluding hydrogens is 610 g/mol. The SMILES string of the molecule is CC1C[C@@H](N)C(=O)N1NC(=O)Cc1ccc(CNC(=O)CN(CCN(CC(=O)O)CC(=O)O)CCN(CC(=O)O)CC(=O)O)cc1. The molecule has 1 aliphatic heterocycles. The molecule has 2 rings (SSSR count). The Morgan fingerprint density at radius 1 is 0.739 bits per heavy atom. The topological polar surface area (TPSA) is 263 Å². The van der Waals surface area contributed by atoms with Gasteiger partial charge in [0.15, 0.2) is 0 Å². The number of carbonyl (C=O) groups is 7. The zero-order valence-electron chi connectivity index (χ0n) is 25.5. The summed E-state index contributed by atoms with van der Waals surface area (Å²) in [7, 11) is 0. The molecule has 254 valence electrons. The molecular formula is C28H41N7O11. The molecule has 0 saturated carbocycles. The average Bonchev–Trinajstić information content (AvgIpc) is 3.18. The van der Waals surface area contributed by atoms with Gasteiger partial charge in [-0.3, -0.25) is 53.7 Å². The fraction of sp³-hybridized carbons (Fsp3) is 0.536. The van der Waals surface area contributed by atoms with Crippen molar-refractivity contribution >= 4 is 41.6 Å². The smallest absolute Gasteiger partial charge is 0.317 e. The third-order valence-electron chi connectivity index (χ3n) is 6.98. The van der Waals surface area contributed by atoms with Gasteiger partial charge >= 0.3 is 23.9 Å². The van der Waals surface area contributed by atoms with Crippen LogP contribution in [0.1, 0.15) is 24.5 Å². The van der Waals surface area contributed by atoms with Crippen molar-refractivity contribution in [2.24, 2.45) is 5.73 Å². The van der Waals surface area contributed by atoms with E-state index >= 15 is 0 Å². The first kappa shape index (κ1) is 37.5. The fourth-order valence-electron chi connectivity index (χ4n) is 4.76. The lowest BCUT2D eigenvalue weighted by molar-refractivity contribution is -0.143. The standard InChI is InChI=1S/C28H41N7O11/c1-18-10-21(29)28(46)35(18)31-22(36)11-19-2-4-20(5-3-19)12-30-23(37)13-32(6-8-33(14-24(38)39)15-25(40)41)7-9-34(16-26(42)43)17-27(44)45/h2-5,18,21H,6-17,29H2,1H3,(H,30,37)(H,31,36)(H,38,39)(H,40,41)(H,42,43)(H,44,45)/t18?,21-/m1/s1. The van der Waals surface area contributed by atoms with Crippen LogP contribution in [0.2, 0.25) is 0 Å². The number of carboxylic acid groups (broad SMARTS) is 4. The second-order valence-corrected chi connectivity index (χ2v) is 11.0. The number of aliphatic carboxylic acids is 4. The molecule has 46 heavy (non-hydrogen) atoms. The Kier molecular flexibility index (Phi) is 15.0. The number of carbonyl (C=O) groups excluding carboxylic acids is 3. The van der Waals surface area contributed by atoms with Crippen LogP contribution < -0.4 is 16.5 Å². The van der Waals surface area contributed by atoms with Crippen LogP contribution in [-0.2, 0) is 46.5 Å². The molecule has 1 aromatic rings. The van der Waals surface area contributed by atoms with Gasteiger partial charge in [0.05, 0.1) is 51.2 Å². The maximum absolute atomic E-state index is 12.8. The number of hydrogen-bond acceptors (Lipinski definition) is 11. The van der Waals surface area contributed by atoms with Crippen LogP contribution in [0.3, 0.4) is 0 Å². The Morgan fingerprint density at radius 2 is 1.17 bits per heavy atom. The average molecular weight is 652 g/mol. The molecule has 8 N–H and O–H groups in total. The van der Waals surface area contributed by atoms with Crippen LogP contribution in [0.25, 0.3) is 0 Å². The summed E-state index contributed by atoms with van der Waals surface area (Å²) in [4.78, 5) is 85.9. The number of hydrazine groups is 1. The lowest BCUT2D eigenvalue weighted by Gasteiger charge is -2.28. The van der Waals surface area contributed by atoms with Gasteiger partial charge in [0.1, 0.15) is 0 Å². The van der Waals surface area contributed by atoms with Crippen molar-refractivity contribution in [3.05, 3.63) is 35.4 Å². The van der Waals surface area contributed by atoms with Gasteiger partial charge < -0.3 is 31.5 Å². The summed E-state index contributed by atoms with van der Waals surface area (Å²) in [6.45, 7) is -0.575. The first-order valence-corrected chi connectivity index (χ1v) is 14.4. The molecule has 18 heteroatoms. The van der Waals surface area contributed by atoms with Crippen molar-refractivity contribution < 1.29 is 54.0 Å². The Balaban J connectivity index is 1.97. The first-order chi connectivity index (χ1) is 21.6. The summed E-state index contributed by atoms with van der Waals surface area (Å²) in [5.74, 6) is -6.15. The van der Waals surface area contributed by atoms with Gasteiger partial charge in [-0.05, 0) is 24.5 Å². The largest absolute Gasteiger partial charge is 0.480 e. The number of benzene rings is 1. The van der Waals surface area contributed by atoms with Gasteiger partial charge in [-0.2, -0.15) is 0 Å². The van der Waals surface area contributed by atoms with Crippen LogP contribution in [0, 0.1) is 0 Å². The predicted octanol–water partition coefficient (Wildman–Crippen LogP) is -2.93. The van der Waals surface area contributed by atoms with E-state index < -0.39 is 62.0 Å². The highest BCUT2D eigenvalue weighted by Crippen LogP contribution is 2.15. The molecule has 0 spiro atoms. The third kappa shape index (κ3) is 14.0. The second-order valence-electron chi connectivity index (χ2n) is 11.0. The number of nitrogens with one attached hydrogen (secondary N) is 2. The highest BCUT2D eigenvalue weighted by molar-refractivity contribution is 5.88. The van der Waals surface area contributed by atoms with E-state index in [1.54, 1.807) is 36.1 Å². The number of nitrogens with zero attached hydrogens (tertiary/aromatic N) is 4. The second kappa shape index (κ2) is 18.4. The van der Waals surface area contributed by atoms with Crippen LogP contribution in [-0.4, -0.2) is 153 Å². The Bertz CT molecular complexity index is 1190. The Morgan fingerprint density at radius 3 is 1.59 bits per heavy atom. The van der Waals surface area contributed by atoms with E-state index in [2.05, 4.69) is 10.7 Å². The maximum Gasteiger partial charge on any atom is 0.317 e. The van der Waals surface area contributed by atoms with E-state index in [1.807, 2.05) is 0 Å². The Hall–Kier alpha value is -4.65. The molecule has 1 saturated heterocycles. The van der Waals surface area contributed by atoms with Crippen LogP contribution in [0.4, 0.5) is 0 Å². The van der Waals surface area contributed by atoms with Gasteiger partial charge in [-0.1, -0.05) is 24.3 Å². The summed E-state index contributed by atoms with van der Waals surface area (Å²) in [6, 6.07) is 5.97. The minimum absolute atomic E-state index is 0.00882. The van der Waals surface area contributed by atoms with Crippen molar-refractivity contribution in [2.75, 3.05) is 58.9 Å². The van der Waals surface area contributed by atoms with E-state index in [9.17, 15) is 33.6 Å². The quantitative estimate of drug-likeness (QED) is 0.0701. The monoisotopic (exact) mass is 651 g/mol. The van der Waals surface area contributed by atoms with Crippen LogP contribution >= 0.6 is 0 Å². The van der Waals surface area contributed by atoms with Crippen molar-refractivity contribution in [3.8, 4) is 0 Å². The first-order valence-electron chi connectivity index (χ1n) is 14.4. The van der Waals surface area contributed by atoms with Crippen molar-refractivity contribution in [1.82, 2.24) is 30.5 Å². The molecule has 0 aliphatic carbocycles. The van der Waals surface area contributed by atoms with E-state index in [0.717, 1.165) is 9.80 Å². The molecule has 3 amide bonds. The molecule has 18 nitrogen and oxygen atoms in total. The highest BCUT2D eigenvalue weighted by Gasteiger charge is 2.35. The molecule has 1 heterocycles. The van der Waals surface area contributed by atoms with E-state index in [-0.39, 0.29) is 63.5 Å². The molecule has 1 unspecified atom stereocenters. The molecule has 2 atom stereocenters. The molecule has 0 radical (unpaired) electrons. The van der Waals surface area contributed by atoms with Gasteiger partial charge in [-0.15, -0.1) is 0 Å². The number of nitrogens with two attached hydrogens (primary N) is 1. The number of rotatable bonds is 21. The van der Waals surface area contributed by atoms with Crippen molar-refractivity contribution in [3.63, 3.8) is 0 Å². The van der Waals surface area contributed by atoms with Crippen molar-refractivity contribution in [1.29, 1.82) is 0 Å². The van der Waals surface area contributed by atoms with E-state index in [0.29, 0.717) is 17.5 Å². The predicted molar refractivity (Wildman–Crippen MR) is 159 cm³/mol. The fourth-order valence-corrected chi connectivity index (χ4v) is 4.76. The zero-order valence-corrected chi connectivity index (χ0v) is 25.5. The summed E-state index contributed by atoms with van der Waals surface area (Å²) < 4.78 is 0. The molecule has 1 aromatic carbocycles. The third-order valence-corrected chi connectivity index (χ3v) is 6.98. The molecule has 0 aromatic heterocycles. The summed E-state index contributed by atoms with van der Waals surface area (Å²) >= 11 is 0. The van der Waals surface area contributed by atoms with Gasteiger partial charge in [0, 0.05) is 32.7 Å². The van der Waals surface area contributed by atoms with Gasteiger partial charge in [-0.25, -0.2) is 5.01 Å². The van der Waals surface area contributed by atoms with Crippen LogP contribution in [0.5, 0.6) is 0 Å². The lowest BCUT2D eigenvalue weighted by atomic mass is 10.1. The normalized spacial score (nSPS) is 16.2. The number of amides is 3. The molecule has 0 bridgehead atoms.